The van der Waals surface area contributed by atoms with E-state index in [1.165, 1.54) is 24.3 Å². The van der Waals surface area contributed by atoms with E-state index in [1.54, 1.807) is 31.2 Å². The summed E-state index contributed by atoms with van der Waals surface area (Å²) in [6.07, 6.45) is -4.80. The molecule has 2 rings (SSSR count). The Morgan fingerprint density at radius 2 is 1.73 bits per heavy atom. The molecule has 8 heteroatoms. The molecule has 0 saturated heterocycles. The van der Waals surface area contributed by atoms with Crippen LogP contribution in [0.25, 0.3) is 0 Å². The van der Waals surface area contributed by atoms with Crippen molar-refractivity contribution in [1.29, 1.82) is 0 Å². The van der Waals surface area contributed by atoms with Gasteiger partial charge in [0.05, 0.1) is 4.92 Å². The van der Waals surface area contributed by atoms with E-state index in [-0.39, 0.29) is 25.2 Å². The van der Waals surface area contributed by atoms with Gasteiger partial charge < -0.3 is 4.90 Å². The van der Waals surface area contributed by atoms with Crippen molar-refractivity contribution in [3.63, 3.8) is 0 Å². The van der Waals surface area contributed by atoms with Gasteiger partial charge in [0, 0.05) is 25.2 Å². The van der Waals surface area contributed by atoms with Crippen LogP contribution in [0.3, 0.4) is 0 Å². The molecule has 0 spiro atoms. The number of carbonyl (C=O) groups excluding carboxylic acids is 1. The van der Waals surface area contributed by atoms with E-state index in [9.17, 15) is 28.1 Å². The molecule has 5 nitrogen and oxygen atoms in total. The van der Waals surface area contributed by atoms with Gasteiger partial charge in [-0.2, -0.15) is 13.2 Å². The number of nitro benzene ring substituents is 1. The van der Waals surface area contributed by atoms with Gasteiger partial charge >= 0.3 is 12.1 Å². The first kappa shape index (κ1) is 19.4. The van der Waals surface area contributed by atoms with Gasteiger partial charge in [-0.1, -0.05) is 36.4 Å². The summed E-state index contributed by atoms with van der Waals surface area (Å²) >= 11 is 0. The number of nitro groups is 1. The maximum absolute atomic E-state index is 12.9. The van der Waals surface area contributed by atoms with E-state index in [4.69, 9.17) is 0 Å². The number of hydrogen-bond donors (Lipinski definition) is 0. The van der Waals surface area contributed by atoms with Crippen molar-refractivity contribution in [2.24, 2.45) is 0 Å². The van der Waals surface area contributed by atoms with Gasteiger partial charge in [-0.3, -0.25) is 14.9 Å². The normalized spacial score (nSPS) is 11.2. The van der Waals surface area contributed by atoms with Crippen LogP contribution in [0.2, 0.25) is 0 Å². The highest BCUT2D eigenvalue weighted by molar-refractivity contribution is 5.81. The number of benzene rings is 2. The lowest BCUT2D eigenvalue weighted by Crippen LogP contribution is -2.41. The first-order valence-corrected chi connectivity index (χ1v) is 7.82. The Balaban J connectivity index is 2.14. The summed E-state index contributed by atoms with van der Waals surface area (Å²) in [7, 11) is 0. The van der Waals surface area contributed by atoms with Crippen LogP contribution in [0.15, 0.2) is 48.5 Å². The summed E-state index contributed by atoms with van der Waals surface area (Å²) in [4.78, 5) is 22.6. The van der Waals surface area contributed by atoms with E-state index in [0.29, 0.717) is 11.1 Å². The summed E-state index contributed by atoms with van der Waals surface area (Å²) in [6, 6.07) is 12.4. The Hall–Kier alpha value is -2.90. The second-order valence-electron chi connectivity index (χ2n) is 5.82. The molecule has 0 heterocycles. The molecule has 138 valence electrons. The quantitative estimate of drug-likeness (QED) is 0.573. The average Bonchev–Trinajstić information content (AvgIpc) is 2.59. The minimum atomic E-state index is -4.96. The first-order valence-electron chi connectivity index (χ1n) is 7.82. The molecule has 26 heavy (non-hydrogen) atoms. The molecule has 0 N–H and O–H groups in total. The van der Waals surface area contributed by atoms with Crippen molar-refractivity contribution in [2.45, 2.75) is 26.1 Å². The molecule has 0 atom stereocenters. The number of carbonyl (C=O) groups is 1. The zero-order valence-corrected chi connectivity index (χ0v) is 14.0. The van der Waals surface area contributed by atoms with Crippen molar-refractivity contribution in [3.8, 4) is 0 Å². The van der Waals surface area contributed by atoms with Gasteiger partial charge in [0.15, 0.2) is 0 Å². The number of aryl methyl sites for hydroxylation is 1. The highest BCUT2D eigenvalue weighted by Crippen LogP contribution is 2.22. The summed E-state index contributed by atoms with van der Waals surface area (Å²) < 4.78 is 38.7. The molecule has 0 fully saturated rings. The third kappa shape index (κ3) is 5.05. The topological polar surface area (TPSA) is 63.4 Å². The third-order valence-electron chi connectivity index (χ3n) is 3.97. The molecule has 0 bridgehead atoms. The van der Waals surface area contributed by atoms with Crippen molar-refractivity contribution in [3.05, 3.63) is 75.3 Å². The summed E-state index contributed by atoms with van der Waals surface area (Å²) in [6.45, 7) is 1.46. The van der Waals surface area contributed by atoms with E-state index >= 15 is 0 Å². The second-order valence-corrected chi connectivity index (χ2v) is 5.82. The molecule has 0 aliphatic rings. The molecule has 0 unspecified atom stereocenters. The van der Waals surface area contributed by atoms with Gasteiger partial charge in [-0.25, -0.2) is 0 Å². The maximum atomic E-state index is 12.9. The predicted octanol–water partition coefficient (Wildman–Crippen LogP) is 4.04. The van der Waals surface area contributed by atoms with Gasteiger partial charge in [0.1, 0.15) is 0 Å². The Kier molecular flexibility index (Phi) is 5.97. The zero-order chi connectivity index (χ0) is 19.3. The van der Waals surface area contributed by atoms with Crippen LogP contribution in [-0.2, 0) is 17.8 Å². The van der Waals surface area contributed by atoms with E-state index in [1.807, 2.05) is 0 Å². The summed E-state index contributed by atoms with van der Waals surface area (Å²) in [5, 5.41) is 10.6. The smallest absolute Gasteiger partial charge is 0.330 e. The molecule has 0 aromatic heterocycles. The second kappa shape index (κ2) is 7.99. The monoisotopic (exact) mass is 366 g/mol. The van der Waals surface area contributed by atoms with Crippen molar-refractivity contribution < 1.29 is 22.9 Å². The van der Waals surface area contributed by atoms with E-state index < -0.39 is 17.0 Å². The van der Waals surface area contributed by atoms with Crippen molar-refractivity contribution in [1.82, 2.24) is 4.90 Å². The van der Waals surface area contributed by atoms with Crippen molar-refractivity contribution >= 4 is 11.6 Å². The van der Waals surface area contributed by atoms with Crippen LogP contribution in [-0.4, -0.2) is 28.5 Å². The fourth-order valence-corrected chi connectivity index (χ4v) is 2.47. The Labute approximate surface area is 148 Å². The lowest BCUT2D eigenvalue weighted by atomic mass is 10.1. The van der Waals surface area contributed by atoms with Crippen LogP contribution >= 0.6 is 0 Å². The Morgan fingerprint density at radius 3 is 2.27 bits per heavy atom. The number of nitrogens with zero attached hydrogens (tertiary/aromatic N) is 2. The summed E-state index contributed by atoms with van der Waals surface area (Å²) in [5.74, 6) is -1.90. The molecule has 2 aromatic carbocycles. The first-order chi connectivity index (χ1) is 12.2. The summed E-state index contributed by atoms with van der Waals surface area (Å²) in [5.41, 5.74) is 1.94. The van der Waals surface area contributed by atoms with Crippen LogP contribution in [0.1, 0.15) is 16.7 Å². The highest BCUT2D eigenvalue weighted by atomic mass is 19.4. The van der Waals surface area contributed by atoms with Crippen LogP contribution in [0.5, 0.6) is 0 Å². The fourth-order valence-electron chi connectivity index (χ4n) is 2.47. The molecular formula is C18H17F3N2O3. The Morgan fingerprint density at radius 1 is 1.12 bits per heavy atom. The predicted molar refractivity (Wildman–Crippen MR) is 89.5 cm³/mol. The minimum Gasteiger partial charge on any atom is -0.330 e. The molecular weight excluding hydrogens is 349 g/mol. The standard InChI is InChI=1S/C18H17F3N2O3/c1-13-4-2-3-5-15(13)12-22(17(24)18(19,20)21)11-10-14-6-8-16(9-7-14)23(25)26/h2-9H,10-12H2,1H3. The van der Waals surface area contributed by atoms with E-state index in [0.717, 1.165) is 10.5 Å². The molecule has 0 saturated carbocycles. The molecule has 2 aromatic rings. The van der Waals surface area contributed by atoms with Gasteiger partial charge in [0.25, 0.3) is 5.69 Å². The number of amides is 1. The van der Waals surface area contributed by atoms with Crippen LogP contribution < -0.4 is 0 Å². The average molecular weight is 366 g/mol. The fraction of sp³-hybridized carbons (Fsp3) is 0.278. The molecule has 0 aliphatic heterocycles. The van der Waals surface area contributed by atoms with Crippen LogP contribution in [0.4, 0.5) is 18.9 Å². The minimum absolute atomic E-state index is 0.100. The molecule has 0 radical (unpaired) electrons. The Bertz CT molecular complexity index is 789. The third-order valence-corrected chi connectivity index (χ3v) is 3.97. The molecule has 1 amide bonds. The number of halogens is 3. The van der Waals surface area contributed by atoms with Crippen molar-refractivity contribution in [2.75, 3.05) is 6.54 Å². The van der Waals surface area contributed by atoms with Gasteiger partial charge in [-0.05, 0) is 30.0 Å². The van der Waals surface area contributed by atoms with Gasteiger partial charge in [-0.15, -0.1) is 0 Å². The SMILES string of the molecule is Cc1ccccc1CN(CCc1ccc([N+](=O)[O-])cc1)C(=O)C(F)(F)F. The lowest BCUT2D eigenvalue weighted by molar-refractivity contribution is -0.384. The van der Waals surface area contributed by atoms with Crippen LogP contribution in [0, 0.1) is 17.0 Å². The number of alkyl halides is 3. The number of rotatable bonds is 6. The number of non-ortho nitro benzene ring substituents is 1. The zero-order valence-electron chi connectivity index (χ0n) is 14.0. The van der Waals surface area contributed by atoms with Gasteiger partial charge in [0.2, 0.25) is 0 Å². The number of hydrogen-bond acceptors (Lipinski definition) is 3. The molecule has 0 aliphatic carbocycles. The largest absolute Gasteiger partial charge is 0.471 e. The maximum Gasteiger partial charge on any atom is 0.471 e. The highest BCUT2D eigenvalue weighted by Gasteiger charge is 2.42. The lowest BCUT2D eigenvalue weighted by Gasteiger charge is -2.24. The van der Waals surface area contributed by atoms with E-state index in [2.05, 4.69) is 0 Å².